The van der Waals surface area contributed by atoms with E-state index in [-0.39, 0.29) is 18.4 Å². The molecule has 3 N–H and O–H groups in total. The molecule has 8 heteroatoms. The van der Waals surface area contributed by atoms with Crippen LogP contribution in [0.25, 0.3) is 0 Å². The van der Waals surface area contributed by atoms with E-state index < -0.39 is 0 Å². The number of nitrogens with one attached hydrogen (secondary N) is 1. The molecule has 1 aliphatic heterocycles. The van der Waals surface area contributed by atoms with Crippen LogP contribution in [-0.2, 0) is 11.3 Å². The largest absolute Gasteiger partial charge is 0.367 e. The highest BCUT2D eigenvalue weighted by molar-refractivity contribution is 5.75. The van der Waals surface area contributed by atoms with Crippen molar-refractivity contribution in [2.24, 2.45) is 0 Å². The summed E-state index contributed by atoms with van der Waals surface area (Å²) in [6, 6.07) is 0. The van der Waals surface area contributed by atoms with Crippen LogP contribution < -0.4 is 11.2 Å². The van der Waals surface area contributed by atoms with Gasteiger partial charge in [0.15, 0.2) is 0 Å². The molecule has 1 saturated heterocycles. The number of anilines is 1. The van der Waals surface area contributed by atoms with Gasteiger partial charge >= 0.3 is 0 Å². The molecule has 0 aliphatic carbocycles. The fourth-order valence-corrected chi connectivity index (χ4v) is 1.66. The van der Waals surface area contributed by atoms with Gasteiger partial charge in [-0.3, -0.25) is 10.2 Å². The summed E-state index contributed by atoms with van der Waals surface area (Å²) < 4.78 is 1.42. The van der Waals surface area contributed by atoms with Gasteiger partial charge in [0.2, 0.25) is 5.95 Å². The number of nitrogen functional groups attached to an aromatic ring is 1. The Kier molecular flexibility index (Phi) is 3.55. The zero-order valence-corrected chi connectivity index (χ0v) is 9.83. The van der Waals surface area contributed by atoms with E-state index >= 15 is 0 Å². The Morgan fingerprint density at radius 1 is 1.47 bits per heavy atom. The van der Waals surface area contributed by atoms with Crippen LogP contribution >= 0.6 is 0 Å². The van der Waals surface area contributed by atoms with E-state index in [2.05, 4.69) is 27.5 Å². The van der Waals surface area contributed by atoms with Crippen LogP contribution in [0.5, 0.6) is 0 Å². The van der Waals surface area contributed by atoms with E-state index in [0.717, 1.165) is 26.2 Å². The predicted molar refractivity (Wildman–Crippen MR) is 61.6 cm³/mol. The smallest absolute Gasteiger partial charge is 0.256 e. The van der Waals surface area contributed by atoms with Crippen molar-refractivity contribution >= 4 is 11.9 Å². The Morgan fingerprint density at radius 3 is 2.76 bits per heavy atom. The maximum Gasteiger partial charge on any atom is 0.256 e. The first kappa shape index (κ1) is 11.8. The van der Waals surface area contributed by atoms with Gasteiger partial charge in [0.1, 0.15) is 12.9 Å². The number of hydrogen-bond acceptors (Lipinski definition) is 6. The van der Waals surface area contributed by atoms with E-state index in [1.54, 1.807) is 0 Å². The van der Waals surface area contributed by atoms with Gasteiger partial charge in [-0.25, -0.2) is 14.7 Å². The number of aromatic nitrogens is 3. The quantitative estimate of drug-likeness (QED) is 0.642. The lowest BCUT2D eigenvalue weighted by molar-refractivity contribution is -0.127. The zero-order chi connectivity index (χ0) is 12.3. The van der Waals surface area contributed by atoms with Crippen molar-refractivity contribution in [2.45, 2.75) is 6.54 Å². The molecule has 0 unspecified atom stereocenters. The topological polar surface area (TPSA) is 92.3 Å². The lowest BCUT2D eigenvalue weighted by atomic mass is 10.4. The zero-order valence-electron chi connectivity index (χ0n) is 9.83. The first-order valence-electron chi connectivity index (χ1n) is 5.51. The number of hydrogen-bond donors (Lipinski definition) is 2. The summed E-state index contributed by atoms with van der Waals surface area (Å²) in [7, 11) is 2.07. The molecule has 0 atom stereocenters. The standard InChI is InChI=1S/C9H17N7O/c1-14-2-4-15(5-3-14)12-8(17)6-16-7-11-9(10)13-16/h7H,2-6H2,1H3,(H2,10,13)(H,12,17). The Hall–Kier alpha value is -1.67. The van der Waals surface area contributed by atoms with Gasteiger partial charge in [-0.05, 0) is 7.05 Å². The second-order valence-electron chi connectivity index (χ2n) is 4.13. The van der Waals surface area contributed by atoms with Gasteiger partial charge in [-0.1, -0.05) is 0 Å². The van der Waals surface area contributed by atoms with Gasteiger partial charge in [-0.2, -0.15) is 0 Å². The van der Waals surface area contributed by atoms with Gasteiger partial charge < -0.3 is 10.6 Å². The van der Waals surface area contributed by atoms with Gasteiger partial charge in [0.05, 0.1) is 0 Å². The normalized spacial score (nSPS) is 18.2. The Labute approximate surface area is 99.3 Å². The summed E-state index contributed by atoms with van der Waals surface area (Å²) in [5, 5.41) is 5.77. The number of hydrazine groups is 1. The maximum atomic E-state index is 11.7. The van der Waals surface area contributed by atoms with E-state index in [4.69, 9.17) is 5.73 Å². The van der Waals surface area contributed by atoms with Crippen molar-refractivity contribution in [3.8, 4) is 0 Å². The molecule has 0 saturated carbocycles. The van der Waals surface area contributed by atoms with E-state index in [9.17, 15) is 4.79 Å². The lowest BCUT2D eigenvalue weighted by Gasteiger charge is -2.32. The average molecular weight is 239 g/mol. The van der Waals surface area contributed by atoms with Gasteiger partial charge in [0, 0.05) is 26.2 Å². The number of likely N-dealkylation sites (N-methyl/N-ethyl adjacent to an activating group) is 1. The highest BCUT2D eigenvalue weighted by Crippen LogP contribution is 1.96. The monoisotopic (exact) mass is 239 g/mol. The second-order valence-corrected chi connectivity index (χ2v) is 4.13. The van der Waals surface area contributed by atoms with Crippen molar-refractivity contribution in [1.29, 1.82) is 0 Å². The molecule has 1 aromatic heterocycles. The third-order valence-corrected chi connectivity index (χ3v) is 2.65. The third-order valence-electron chi connectivity index (χ3n) is 2.65. The molecule has 1 aromatic rings. The highest BCUT2D eigenvalue weighted by atomic mass is 16.2. The fraction of sp³-hybridized carbons (Fsp3) is 0.667. The van der Waals surface area contributed by atoms with Crippen LogP contribution in [0, 0.1) is 0 Å². The summed E-state index contributed by atoms with van der Waals surface area (Å²) in [4.78, 5) is 17.7. The second kappa shape index (κ2) is 5.11. The number of amides is 1. The van der Waals surface area contributed by atoms with Crippen molar-refractivity contribution in [2.75, 3.05) is 39.0 Å². The molecule has 0 spiro atoms. The molecule has 1 fully saturated rings. The highest BCUT2D eigenvalue weighted by Gasteiger charge is 2.15. The first-order chi connectivity index (χ1) is 8.13. The number of carbonyl (C=O) groups excluding carboxylic acids is 1. The molecule has 0 aromatic carbocycles. The summed E-state index contributed by atoms with van der Waals surface area (Å²) in [6.45, 7) is 3.72. The van der Waals surface area contributed by atoms with E-state index in [1.807, 2.05) is 5.01 Å². The molecular weight excluding hydrogens is 222 g/mol. The molecule has 17 heavy (non-hydrogen) atoms. The number of nitrogens with zero attached hydrogens (tertiary/aromatic N) is 5. The van der Waals surface area contributed by atoms with E-state index in [0.29, 0.717) is 0 Å². The van der Waals surface area contributed by atoms with Crippen LogP contribution in [0.15, 0.2) is 6.33 Å². The van der Waals surface area contributed by atoms with Crippen molar-refractivity contribution < 1.29 is 4.79 Å². The Bertz CT molecular complexity index is 382. The minimum Gasteiger partial charge on any atom is -0.367 e. The third kappa shape index (κ3) is 3.40. The number of carbonyl (C=O) groups is 1. The molecule has 0 radical (unpaired) electrons. The van der Waals surface area contributed by atoms with Gasteiger partial charge in [0.25, 0.3) is 5.91 Å². The van der Waals surface area contributed by atoms with Crippen molar-refractivity contribution in [1.82, 2.24) is 30.1 Å². The Morgan fingerprint density at radius 2 is 2.18 bits per heavy atom. The molecule has 8 nitrogen and oxygen atoms in total. The molecule has 2 heterocycles. The number of rotatable bonds is 3. The van der Waals surface area contributed by atoms with Crippen LogP contribution in [-0.4, -0.2) is 63.8 Å². The molecular formula is C9H17N7O. The van der Waals surface area contributed by atoms with Crippen LogP contribution in [0.3, 0.4) is 0 Å². The summed E-state index contributed by atoms with van der Waals surface area (Å²) >= 11 is 0. The molecule has 0 bridgehead atoms. The SMILES string of the molecule is CN1CCN(NC(=O)Cn2cnc(N)n2)CC1. The predicted octanol–water partition coefficient (Wildman–Crippen LogP) is -1.86. The minimum atomic E-state index is -0.112. The minimum absolute atomic E-state index is 0.112. The summed E-state index contributed by atoms with van der Waals surface area (Å²) in [5.74, 6) is 0.0665. The maximum absolute atomic E-state index is 11.7. The van der Waals surface area contributed by atoms with Crippen molar-refractivity contribution in [3.05, 3.63) is 6.33 Å². The molecule has 94 valence electrons. The first-order valence-corrected chi connectivity index (χ1v) is 5.51. The molecule has 1 amide bonds. The fourth-order valence-electron chi connectivity index (χ4n) is 1.66. The molecule has 1 aliphatic rings. The van der Waals surface area contributed by atoms with Crippen molar-refractivity contribution in [3.63, 3.8) is 0 Å². The lowest BCUT2D eigenvalue weighted by Crippen LogP contribution is -2.53. The summed E-state index contributed by atoms with van der Waals surface area (Å²) in [5.41, 5.74) is 8.20. The summed E-state index contributed by atoms with van der Waals surface area (Å²) in [6.07, 6.45) is 1.44. The van der Waals surface area contributed by atoms with Gasteiger partial charge in [-0.15, -0.1) is 5.10 Å². The van der Waals surface area contributed by atoms with E-state index in [1.165, 1.54) is 11.0 Å². The van der Waals surface area contributed by atoms with Crippen LogP contribution in [0.1, 0.15) is 0 Å². The average Bonchev–Trinajstić information content (AvgIpc) is 2.67. The van der Waals surface area contributed by atoms with Crippen LogP contribution in [0.4, 0.5) is 5.95 Å². The number of piperazine rings is 1. The van der Waals surface area contributed by atoms with Crippen LogP contribution in [0.2, 0.25) is 0 Å². The molecule has 2 rings (SSSR count). The number of nitrogens with two attached hydrogens (primary N) is 1. The Balaban J connectivity index is 1.77.